The maximum atomic E-state index is 13.3. The molecule has 1 aliphatic heterocycles. The first-order valence-corrected chi connectivity index (χ1v) is 10.5. The van der Waals surface area contributed by atoms with Gasteiger partial charge in [0.2, 0.25) is 17.7 Å². The van der Waals surface area contributed by atoms with Gasteiger partial charge in [0.15, 0.2) is 0 Å². The molecule has 3 amide bonds. The first-order chi connectivity index (χ1) is 13.9. The molecule has 1 heterocycles. The molecule has 1 aliphatic carbocycles. The number of rotatable bonds is 6. The molecule has 7 heteroatoms. The molecule has 1 saturated carbocycles. The fourth-order valence-corrected chi connectivity index (χ4v) is 4.25. The number of carbonyl (C=O) groups is 3. The van der Waals surface area contributed by atoms with E-state index in [2.05, 4.69) is 15.9 Å². The zero-order chi connectivity index (χ0) is 20.5. The molecule has 2 aromatic carbocycles. The second-order valence-electron chi connectivity index (χ2n) is 7.62. The van der Waals surface area contributed by atoms with E-state index in [-0.39, 0.29) is 30.2 Å². The SMILES string of the molecule is NC(=O)c1ccc(CN(C(=O)C2CC(=O)N(c3ccccc3Br)C2)C2CC2)cc1. The van der Waals surface area contributed by atoms with Gasteiger partial charge < -0.3 is 15.5 Å². The van der Waals surface area contributed by atoms with Crippen molar-refractivity contribution in [3.63, 3.8) is 0 Å². The van der Waals surface area contributed by atoms with Crippen molar-refractivity contribution in [1.29, 1.82) is 0 Å². The van der Waals surface area contributed by atoms with Crippen molar-refractivity contribution in [2.75, 3.05) is 11.4 Å². The fourth-order valence-electron chi connectivity index (χ4n) is 3.76. The summed E-state index contributed by atoms with van der Waals surface area (Å²) >= 11 is 3.49. The summed E-state index contributed by atoms with van der Waals surface area (Å²) in [5, 5.41) is 0. The van der Waals surface area contributed by atoms with Gasteiger partial charge in [-0.2, -0.15) is 0 Å². The summed E-state index contributed by atoms with van der Waals surface area (Å²) in [4.78, 5) is 40.7. The number of benzene rings is 2. The minimum absolute atomic E-state index is 0.0226. The summed E-state index contributed by atoms with van der Waals surface area (Å²) in [6.45, 7) is 0.867. The van der Waals surface area contributed by atoms with Crippen molar-refractivity contribution in [2.24, 2.45) is 11.7 Å². The largest absolute Gasteiger partial charge is 0.366 e. The van der Waals surface area contributed by atoms with Crippen molar-refractivity contribution in [3.05, 3.63) is 64.1 Å². The molecule has 2 aromatic rings. The zero-order valence-corrected chi connectivity index (χ0v) is 17.5. The highest BCUT2D eigenvalue weighted by atomic mass is 79.9. The van der Waals surface area contributed by atoms with Gasteiger partial charge in [-0.3, -0.25) is 14.4 Å². The first-order valence-electron chi connectivity index (χ1n) is 9.68. The van der Waals surface area contributed by atoms with Crippen LogP contribution in [0.25, 0.3) is 0 Å². The fraction of sp³-hybridized carbons (Fsp3) is 0.318. The Morgan fingerprint density at radius 1 is 1.10 bits per heavy atom. The van der Waals surface area contributed by atoms with Crippen LogP contribution in [-0.2, 0) is 16.1 Å². The number of amides is 3. The molecule has 1 atom stereocenters. The average molecular weight is 456 g/mol. The summed E-state index contributed by atoms with van der Waals surface area (Å²) < 4.78 is 0.843. The number of para-hydroxylation sites is 1. The molecule has 2 aliphatic rings. The molecule has 0 spiro atoms. The maximum absolute atomic E-state index is 13.3. The summed E-state index contributed by atoms with van der Waals surface area (Å²) in [5.74, 6) is -0.824. The third-order valence-corrected chi connectivity index (χ3v) is 6.15. The molecule has 150 valence electrons. The lowest BCUT2D eigenvalue weighted by atomic mass is 10.1. The number of hydrogen-bond donors (Lipinski definition) is 1. The van der Waals surface area contributed by atoms with Gasteiger partial charge >= 0.3 is 0 Å². The van der Waals surface area contributed by atoms with Crippen molar-refractivity contribution in [3.8, 4) is 0 Å². The minimum atomic E-state index is -0.469. The van der Waals surface area contributed by atoms with Crippen molar-refractivity contribution in [1.82, 2.24) is 4.90 Å². The lowest BCUT2D eigenvalue weighted by Gasteiger charge is -2.26. The first kappa shape index (κ1) is 19.6. The Labute approximate surface area is 177 Å². The molecule has 2 fully saturated rings. The van der Waals surface area contributed by atoms with E-state index in [9.17, 15) is 14.4 Å². The van der Waals surface area contributed by atoms with Gasteiger partial charge in [0.05, 0.1) is 11.6 Å². The lowest BCUT2D eigenvalue weighted by molar-refractivity contribution is -0.137. The van der Waals surface area contributed by atoms with Gasteiger partial charge in [0.1, 0.15) is 0 Å². The second kappa shape index (κ2) is 7.99. The smallest absolute Gasteiger partial charge is 0.248 e. The molecular weight excluding hydrogens is 434 g/mol. The monoisotopic (exact) mass is 455 g/mol. The Bertz CT molecular complexity index is 956. The van der Waals surface area contributed by atoms with Crippen molar-refractivity contribution < 1.29 is 14.4 Å². The van der Waals surface area contributed by atoms with Crippen molar-refractivity contribution in [2.45, 2.75) is 31.8 Å². The predicted octanol–water partition coefficient (Wildman–Crippen LogP) is 3.09. The number of anilines is 1. The van der Waals surface area contributed by atoms with Crippen LogP contribution in [0.1, 0.15) is 35.2 Å². The summed E-state index contributed by atoms with van der Waals surface area (Å²) in [7, 11) is 0. The van der Waals surface area contributed by atoms with E-state index in [0.717, 1.165) is 28.6 Å². The molecule has 1 unspecified atom stereocenters. The van der Waals surface area contributed by atoms with Crippen LogP contribution in [0.2, 0.25) is 0 Å². The van der Waals surface area contributed by atoms with E-state index in [1.54, 1.807) is 17.0 Å². The van der Waals surface area contributed by atoms with Gasteiger partial charge in [-0.1, -0.05) is 24.3 Å². The van der Waals surface area contributed by atoms with E-state index < -0.39 is 5.91 Å². The third kappa shape index (κ3) is 4.19. The molecular formula is C22H22BrN3O3. The summed E-state index contributed by atoms with van der Waals surface area (Å²) in [5.41, 5.74) is 7.49. The minimum Gasteiger partial charge on any atom is -0.366 e. The van der Waals surface area contributed by atoms with Crippen LogP contribution in [0.15, 0.2) is 53.0 Å². The highest BCUT2D eigenvalue weighted by Crippen LogP contribution is 2.35. The number of halogens is 1. The molecule has 0 aromatic heterocycles. The predicted molar refractivity (Wildman–Crippen MR) is 113 cm³/mol. The Kier molecular flexibility index (Phi) is 5.41. The van der Waals surface area contributed by atoms with E-state index in [4.69, 9.17) is 5.73 Å². The highest BCUT2D eigenvalue weighted by Gasteiger charge is 2.41. The van der Waals surface area contributed by atoms with Crippen LogP contribution in [-0.4, -0.2) is 35.2 Å². The molecule has 29 heavy (non-hydrogen) atoms. The summed E-state index contributed by atoms with van der Waals surface area (Å²) in [6, 6.07) is 14.8. The van der Waals surface area contributed by atoms with Crippen LogP contribution in [0.4, 0.5) is 5.69 Å². The highest BCUT2D eigenvalue weighted by molar-refractivity contribution is 9.10. The van der Waals surface area contributed by atoms with Gasteiger partial charge in [0, 0.05) is 35.6 Å². The number of nitrogens with zero attached hydrogens (tertiary/aromatic N) is 2. The molecule has 2 N–H and O–H groups in total. The van der Waals surface area contributed by atoms with Crippen LogP contribution in [0.5, 0.6) is 0 Å². The Hall–Kier alpha value is -2.67. The standard InChI is InChI=1S/C22H22BrN3O3/c23-18-3-1-2-4-19(18)26-13-16(11-20(26)27)22(29)25(17-9-10-17)12-14-5-7-15(8-6-14)21(24)28/h1-8,16-17H,9-13H2,(H2,24,28). The van der Waals surface area contributed by atoms with Gasteiger partial charge in [-0.15, -0.1) is 0 Å². The number of hydrogen-bond acceptors (Lipinski definition) is 3. The van der Waals surface area contributed by atoms with E-state index in [1.165, 1.54) is 0 Å². The van der Waals surface area contributed by atoms with Crippen molar-refractivity contribution >= 4 is 39.3 Å². The quantitative estimate of drug-likeness (QED) is 0.725. The molecule has 4 rings (SSSR count). The Balaban J connectivity index is 1.48. The van der Waals surface area contributed by atoms with Crippen LogP contribution in [0.3, 0.4) is 0 Å². The van der Waals surface area contributed by atoms with Gasteiger partial charge in [-0.05, 0) is 58.6 Å². The number of nitrogens with two attached hydrogens (primary N) is 1. The average Bonchev–Trinajstić information content (AvgIpc) is 3.48. The van der Waals surface area contributed by atoms with E-state index >= 15 is 0 Å². The van der Waals surface area contributed by atoms with Crippen LogP contribution >= 0.6 is 15.9 Å². The molecule has 0 radical (unpaired) electrons. The van der Waals surface area contributed by atoms with E-state index in [1.807, 2.05) is 41.3 Å². The number of carbonyl (C=O) groups excluding carboxylic acids is 3. The Morgan fingerprint density at radius 2 is 1.79 bits per heavy atom. The molecule has 0 bridgehead atoms. The second-order valence-corrected chi connectivity index (χ2v) is 8.47. The zero-order valence-electron chi connectivity index (χ0n) is 15.9. The van der Waals surface area contributed by atoms with Gasteiger partial charge in [0.25, 0.3) is 0 Å². The number of primary amides is 1. The van der Waals surface area contributed by atoms with Gasteiger partial charge in [-0.25, -0.2) is 0 Å². The molecule has 6 nitrogen and oxygen atoms in total. The van der Waals surface area contributed by atoms with E-state index in [0.29, 0.717) is 18.7 Å². The van der Waals surface area contributed by atoms with Crippen LogP contribution < -0.4 is 10.6 Å². The lowest BCUT2D eigenvalue weighted by Crippen LogP contribution is -2.38. The maximum Gasteiger partial charge on any atom is 0.248 e. The van der Waals surface area contributed by atoms with Crippen LogP contribution in [0, 0.1) is 5.92 Å². The molecule has 1 saturated heterocycles. The Morgan fingerprint density at radius 3 is 2.41 bits per heavy atom. The topological polar surface area (TPSA) is 83.7 Å². The summed E-state index contributed by atoms with van der Waals surface area (Å²) in [6.07, 6.45) is 2.20. The third-order valence-electron chi connectivity index (χ3n) is 5.48. The normalized spacial score (nSPS) is 18.7.